The van der Waals surface area contributed by atoms with E-state index in [-0.39, 0.29) is 0 Å². The minimum atomic E-state index is -0.546. The van der Waals surface area contributed by atoms with E-state index >= 15 is 0 Å². The Labute approximate surface area is 177 Å². The van der Waals surface area contributed by atoms with Crippen LogP contribution in [0.3, 0.4) is 0 Å². The first-order chi connectivity index (χ1) is 14.0. The summed E-state index contributed by atoms with van der Waals surface area (Å²) in [4.78, 5) is 23.6. The van der Waals surface area contributed by atoms with Crippen LogP contribution in [0, 0.1) is 0 Å². The number of hydrogen-bond acceptors (Lipinski definition) is 5. The predicted octanol–water partition coefficient (Wildman–Crippen LogP) is 3.58. The summed E-state index contributed by atoms with van der Waals surface area (Å²) in [5.41, 5.74) is 1.94. The highest BCUT2D eigenvalue weighted by Gasteiger charge is 2.22. The molecule has 2 aromatic carbocycles. The van der Waals surface area contributed by atoms with Crippen molar-refractivity contribution in [3.63, 3.8) is 0 Å². The summed E-state index contributed by atoms with van der Waals surface area (Å²) in [6.45, 7) is 2.25. The number of benzene rings is 2. The molecule has 1 aromatic heterocycles. The summed E-state index contributed by atoms with van der Waals surface area (Å²) in [5.74, 6) is 0.267. The van der Waals surface area contributed by atoms with Crippen molar-refractivity contribution in [3.05, 3.63) is 65.2 Å². The maximum absolute atomic E-state index is 12.2. The van der Waals surface area contributed by atoms with Gasteiger partial charge in [-0.25, -0.2) is 4.79 Å². The molecule has 0 aliphatic heterocycles. The molecule has 0 fully saturated rings. The van der Waals surface area contributed by atoms with E-state index in [4.69, 9.17) is 11.6 Å². The Morgan fingerprint density at radius 2 is 1.79 bits per heavy atom. The maximum atomic E-state index is 12.2. The monoisotopic (exact) mass is 429 g/mol. The molecule has 1 atom stereocenters. The molecule has 2 N–H and O–H groups in total. The highest BCUT2D eigenvalue weighted by atomic mass is 35.5. The van der Waals surface area contributed by atoms with Gasteiger partial charge < -0.3 is 5.32 Å². The molecule has 1 unspecified atom stereocenters. The molecular formula is C20H20ClN5O2S. The van der Waals surface area contributed by atoms with Crippen molar-refractivity contribution in [1.29, 1.82) is 0 Å². The second-order valence-electron chi connectivity index (χ2n) is 6.21. The number of hydrogen-bond donors (Lipinski definition) is 2. The van der Waals surface area contributed by atoms with Crippen molar-refractivity contribution in [2.75, 3.05) is 7.05 Å². The van der Waals surface area contributed by atoms with Crippen LogP contribution in [0.4, 0.5) is 4.79 Å². The third-order valence-electron chi connectivity index (χ3n) is 4.12. The Hall–Kier alpha value is -2.84. The van der Waals surface area contributed by atoms with Crippen LogP contribution in [0.2, 0.25) is 5.02 Å². The van der Waals surface area contributed by atoms with Crippen LogP contribution in [0.5, 0.6) is 0 Å². The van der Waals surface area contributed by atoms with Crippen molar-refractivity contribution in [3.8, 4) is 11.4 Å². The number of urea groups is 1. The third kappa shape index (κ3) is 5.36. The fourth-order valence-corrected chi connectivity index (χ4v) is 3.56. The number of aromatic nitrogens is 3. The molecule has 1 heterocycles. The summed E-state index contributed by atoms with van der Waals surface area (Å²) in [5, 5.41) is 14.0. The SMILES string of the molecule is CNC(=O)NC(=O)C(C)Sc1nnc(-c2ccc(Cl)cc2)n1Cc1ccccc1. The second-order valence-corrected chi connectivity index (χ2v) is 7.96. The van der Waals surface area contributed by atoms with E-state index in [2.05, 4.69) is 20.8 Å². The predicted molar refractivity (Wildman–Crippen MR) is 114 cm³/mol. The molecule has 0 bridgehead atoms. The van der Waals surface area contributed by atoms with Gasteiger partial charge in [-0.2, -0.15) is 0 Å². The molecule has 9 heteroatoms. The number of carbonyl (C=O) groups is 2. The average Bonchev–Trinajstić information content (AvgIpc) is 3.11. The first kappa shape index (κ1) is 20.9. The molecule has 0 aliphatic carbocycles. The van der Waals surface area contributed by atoms with Gasteiger partial charge in [0.25, 0.3) is 0 Å². The lowest BCUT2D eigenvalue weighted by molar-refractivity contribution is -0.119. The van der Waals surface area contributed by atoms with E-state index in [0.29, 0.717) is 22.5 Å². The minimum absolute atomic E-state index is 0.406. The molecule has 7 nitrogen and oxygen atoms in total. The van der Waals surface area contributed by atoms with E-state index in [1.165, 1.54) is 18.8 Å². The van der Waals surface area contributed by atoms with Gasteiger partial charge in [0.15, 0.2) is 11.0 Å². The highest BCUT2D eigenvalue weighted by Crippen LogP contribution is 2.28. The van der Waals surface area contributed by atoms with Gasteiger partial charge in [-0.05, 0) is 36.8 Å². The number of amides is 3. The zero-order chi connectivity index (χ0) is 20.8. The first-order valence-corrected chi connectivity index (χ1v) is 10.2. The van der Waals surface area contributed by atoms with Crippen LogP contribution in [-0.4, -0.2) is 39.0 Å². The molecule has 3 rings (SSSR count). The molecule has 29 heavy (non-hydrogen) atoms. The summed E-state index contributed by atoms with van der Waals surface area (Å²) in [6.07, 6.45) is 0. The molecule has 0 saturated heterocycles. The zero-order valence-electron chi connectivity index (χ0n) is 15.9. The van der Waals surface area contributed by atoms with Crippen molar-refractivity contribution in [1.82, 2.24) is 25.4 Å². The fraction of sp³-hybridized carbons (Fsp3) is 0.200. The lowest BCUT2D eigenvalue weighted by Crippen LogP contribution is -2.41. The van der Waals surface area contributed by atoms with Crippen molar-refractivity contribution >= 4 is 35.3 Å². The Balaban J connectivity index is 1.91. The number of thioether (sulfide) groups is 1. The van der Waals surface area contributed by atoms with Gasteiger partial charge in [-0.3, -0.25) is 14.7 Å². The number of rotatable bonds is 6. The largest absolute Gasteiger partial charge is 0.341 e. The van der Waals surface area contributed by atoms with Gasteiger partial charge in [-0.1, -0.05) is 53.7 Å². The Kier molecular flexibility index (Phi) is 6.90. The van der Waals surface area contributed by atoms with Gasteiger partial charge >= 0.3 is 6.03 Å². The van der Waals surface area contributed by atoms with Crippen LogP contribution >= 0.6 is 23.4 Å². The lowest BCUT2D eigenvalue weighted by atomic mass is 10.2. The van der Waals surface area contributed by atoms with Crippen molar-refractivity contribution < 1.29 is 9.59 Å². The van der Waals surface area contributed by atoms with Gasteiger partial charge in [0.05, 0.1) is 11.8 Å². The number of imide groups is 1. The summed E-state index contributed by atoms with van der Waals surface area (Å²) >= 11 is 7.25. The molecule has 0 radical (unpaired) electrons. The van der Waals surface area contributed by atoms with Crippen LogP contribution in [0.1, 0.15) is 12.5 Å². The number of nitrogens with one attached hydrogen (secondary N) is 2. The molecule has 0 aliphatic rings. The van der Waals surface area contributed by atoms with Crippen LogP contribution < -0.4 is 10.6 Å². The van der Waals surface area contributed by atoms with Gasteiger partial charge in [0.1, 0.15) is 0 Å². The molecule has 0 spiro atoms. The van der Waals surface area contributed by atoms with E-state index in [0.717, 1.165) is 11.1 Å². The summed E-state index contributed by atoms with van der Waals surface area (Å²) in [6, 6.07) is 16.7. The Morgan fingerprint density at radius 1 is 1.10 bits per heavy atom. The van der Waals surface area contributed by atoms with E-state index in [9.17, 15) is 9.59 Å². The summed E-state index contributed by atoms with van der Waals surface area (Å²) in [7, 11) is 1.45. The number of nitrogens with zero attached hydrogens (tertiary/aromatic N) is 3. The van der Waals surface area contributed by atoms with Gasteiger partial charge in [-0.15, -0.1) is 10.2 Å². The van der Waals surface area contributed by atoms with Gasteiger partial charge in [0.2, 0.25) is 5.91 Å². The maximum Gasteiger partial charge on any atom is 0.321 e. The highest BCUT2D eigenvalue weighted by molar-refractivity contribution is 8.00. The smallest absolute Gasteiger partial charge is 0.321 e. The topological polar surface area (TPSA) is 88.9 Å². The third-order valence-corrected chi connectivity index (χ3v) is 5.45. The Morgan fingerprint density at radius 3 is 2.45 bits per heavy atom. The quantitative estimate of drug-likeness (QED) is 0.584. The summed E-state index contributed by atoms with van der Waals surface area (Å²) < 4.78 is 1.95. The van der Waals surface area contributed by atoms with Crippen LogP contribution in [0.15, 0.2) is 59.8 Å². The molecular weight excluding hydrogens is 410 g/mol. The van der Waals surface area contributed by atoms with E-state index in [1.807, 2.05) is 47.0 Å². The fourth-order valence-electron chi connectivity index (χ4n) is 2.58. The standard InChI is InChI=1S/C20H20ClN5O2S/c1-13(18(27)23-19(28)22-2)29-20-25-24-17(15-8-10-16(21)11-9-15)26(20)12-14-6-4-3-5-7-14/h3-11,13H,12H2,1-2H3,(H2,22,23,27,28). The van der Waals surface area contributed by atoms with Crippen molar-refractivity contribution in [2.45, 2.75) is 23.9 Å². The van der Waals surface area contributed by atoms with E-state index < -0.39 is 17.2 Å². The zero-order valence-corrected chi connectivity index (χ0v) is 17.5. The lowest BCUT2D eigenvalue weighted by Gasteiger charge is -2.13. The first-order valence-electron chi connectivity index (χ1n) is 8.90. The van der Waals surface area contributed by atoms with Crippen LogP contribution in [-0.2, 0) is 11.3 Å². The van der Waals surface area contributed by atoms with Gasteiger partial charge in [0, 0.05) is 17.6 Å². The molecule has 150 valence electrons. The molecule has 0 saturated carbocycles. The number of carbonyl (C=O) groups excluding carboxylic acids is 2. The molecule has 3 amide bonds. The normalized spacial score (nSPS) is 11.7. The second kappa shape index (κ2) is 9.58. The minimum Gasteiger partial charge on any atom is -0.341 e. The van der Waals surface area contributed by atoms with Crippen molar-refractivity contribution in [2.24, 2.45) is 0 Å². The average molecular weight is 430 g/mol. The molecule has 3 aromatic rings. The Bertz CT molecular complexity index is 992. The van der Waals surface area contributed by atoms with Crippen LogP contribution in [0.25, 0.3) is 11.4 Å². The number of halogens is 1. The van der Waals surface area contributed by atoms with E-state index in [1.54, 1.807) is 19.1 Å².